The number of piperidine rings is 1. The highest BCUT2D eigenvalue weighted by Crippen LogP contribution is 2.47. The molecule has 0 saturated carbocycles. The first kappa shape index (κ1) is 17.5. The second-order valence-corrected chi connectivity index (χ2v) is 8.63. The summed E-state index contributed by atoms with van der Waals surface area (Å²) in [7, 11) is 1.85. The number of carbonyl (C=O) groups is 2. The number of carbonyl (C=O) groups excluding carboxylic acids is 2. The van der Waals surface area contributed by atoms with Crippen molar-refractivity contribution >= 4 is 17.5 Å². The standard InChI is InChI=1S/C22H26N4O2/c1-14-7-8-17-15(13-14)19(24-23-17)20(27)26-11-9-22(10-12-26)16-5-3-4-6-18(16)25(2)21(22)28/h3-6,14H,7-13H2,1-2H3,(H,23,24)/t14-/m0/s1. The predicted octanol–water partition coefficient (Wildman–Crippen LogP) is 2.68. The average molecular weight is 378 g/mol. The molecule has 2 aromatic rings. The zero-order valence-electron chi connectivity index (χ0n) is 16.5. The first-order chi connectivity index (χ1) is 13.5. The number of rotatable bonds is 1. The maximum Gasteiger partial charge on any atom is 0.274 e. The Morgan fingerprint density at radius 3 is 2.79 bits per heavy atom. The first-order valence-corrected chi connectivity index (χ1v) is 10.2. The van der Waals surface area contributed by atoms with Crippen molar-refractivity contribution < 1.29 is 9.59 Å². The van der Waals surface area contributed by atoms with Crippen molar-refractivity contribution in [1.29, 1.82) is 0 Å². The number of likely N-dealkylation sites (tertiary alicyclic amines) is 1. The summed E-state index contributed by atoms with van der Waals surface area (Å²) in [5, 5.41) is 7.45. The number of anilines is 1. The second-order valence-electron chi connectivity index (χ2n) is 8.63. The van der Waals surface area contributed by atoms with Crippen molar-refractivity contribution in [3.05, 3.63) is 46.8 Å². The van der Waals surface area contributed by atoms with E-state index >= 15 is 0 Å². The van der Waals surface area contributed by atoms with Gasteiger partial charge >= 0.3 is 0 Å². The molecule has 1 aliphatic carbocycles. The number of likely N-dealkylation sites (N-methyl/N-ethyl adjacent to an activating group) is 1. The molecule has 1 spiro atoms. The van der Waals surface area contributed by atoms with E-state index in [1.54, 1.807) is 4.90 Å². The van der Waals surface area contributed by atoms with Gasteiger partial charge in [0, 0.05) is 37.1 Å². The molecule has 1 atom stereocenters. The van der Waals surface area contributed by atoms with Crippen LogP contribution >= 0.6 is 0 Å². The molecule has 0 unspecified atom stereocenters. The summed E-state index contributed by atoms with van der Waals surface area (Å²) in [6, 6.07) is 8.06. The molecule has 146 valence electrons. The Kier molecular flexibility index (Phi) is 3.86. The van der Waals surface area contributed by atoms with Gasteiger partial charge in [0.1, 0.15) is 0 Å². The van der Waals surface area contributed by atoms with E-state index in [1.165, 1.54) is 0 Å². The SMILES string of the molecule is C[C@H]1CCc2[nH]nc(C(=O)N3CCC4(CC3)C(=O)N(C)c3ccccc34)c2C1. The number of H-pyrrole nitrogens is 1. The molecule has 1 aromatic heterocycles. The molecule has 1 saturated heterocycles. The van der Waals surface area contributed by atoms with Gasteiger partial charge in [-0.25, -0.2) is 0 Å². The van der Waals surface area contributed by atoms with Gasteiger partial charge in [-0.3, -0.25) is 14.7 Å². The van der Waals surface area contributed by atoms with Gasteiger partial charge in [0.15, 0.2) is 5.69 Å². The van der Waals surface area contributed by atoms with E-state index in [0.29, 0.717) is 37.5 Å². The van der Waals surface area contributed by atoms with Gasteiger partial charge in [-0.1, -0.05) is 25.1 Å². The Labute approximate surface area is 164 Å². The molecule has 2 amide bonds. The number of hydrogen-bond acceptors (Lipinski definition) is 3. The molecule has 0 radical (unpaired) electrons. The molecule has 6 nitrogen and oxygen atoms in total. The lowest BCUT2D eigenvalue weighted by molar-refractivity contribution is -0.124. The summed E-state index contributed by atoms with van der Waals surface area (Å²) in [6.45, 7) is 3.41. The Hall–Kier alpha value is -2.63. The minimum atomic E-state index is -0.484. The van der Waals surface area contributed by atoms with Crippen molar-refractivity contribution in [2.75, 3.05) is 25.0 Å². The first-order valence-electron chi connectivity index (χ1n) is 10.2. The number of hydrogen-bond donors (Lipinski definition) is 1. The van der Waals surface area contributed by atoms with Gasteiger partial charge in [0.05, 0.1) is 5.41 Å². The van der Waals surface area contributed by atoms with Crippen LogP contribution in [0.3, 0.4) is 0 Å². The van der Waals surface area contributed by atoms with E-state index in [2.05, 4.69) is 23.2 Å². The number of aromatic amines is 1. The van der Waals surface area contributed by atoms with Crippen LogP contribution in [-0.4, -0.2) is 47.0 Å². The van der Waals surface area contributed by atoms with Crippen molar-refractivity contribution in [2.45, 2.75) is 44.4 Å². The van der Waals surface area contributed by atoms with Crippen LogP contribution in [0.5, 0.6) is 0 Å². The summed E-state index contributed by atoms with van der Waals surface area (Å²) in [5.74, 6) is 0.754. The van der Waals surface area contributed by atoms with E-state index in [4.69, 9.17) is 0 Å². The zero-order valence-corrected chi connectivity index (χ0v) is 16.5. The number of amides is 2. The molecule has 5 rings (SSSR count). The van der Waals surface area contributed by atoms with Crippen LogP contribution < -0.4 is 4.90 Å². The lowest BCUT2D eigenvalue weighted by Gasteiger charge is -2.38. The molecule has 3 aliphatic rings. The molecule has 2 aliphatic heterocycles. The van der Waals surface area contributed by atoms with Crippen molar-refractivity contribution in [3.8, 4) is 0 Å². The van der Waals surface area contributed by atoms with E-state index < -0.39 is 5.41 Å². The molecule has 1 fully saturated rings. The maximum atomic E-state index is 13.2. The van der Waals surface area contributed by atoms with Gasteiger partial charge < -0.3 is 9.80 Å². The quantitative estimate of drug-likeness (QED) is 0.829. The van der Waals surface area contributed by atoms with Gasteiger partial charge in [0.25, 0.3) is 5.91 Å². The molecular formula is C22H26N4O2. The van der Waals surface area contributed by atoms with Crippen LogP contribution in [0.15, 0.2) is 24.3 Å². The minimum absolute atomic E-state index is 0.00790. The lowest BCUT2D eigenvalue weighted by atomic mass is 9.73. The van der Waals surface area contributed by atoms with Gasteiger partial charge in [-0.15, -0.1) is 0 Å². The van der Waals surface area contributed by atoms with Crippen LogP contribution in [0.25, 0.3) is 0 Å². The van der Waals surface area contributed by atoms with E-state index in [9.17, 15) is 9.59 Å². The highest BCUT2D eigenvalue weighted by Gasteiger charge is 2.51. The average Bonchev–Trinajstić information content (AvgIpc) is 3.22. The van der Waals surface area contributed by atoms with E-state index in [-0.39, 0.29) is 11.8 Å². The van der Waals surface area contributed by atoms with Crippen LogP contribution in [0, 0.1) is 5.92 Å². The fourth-order valence-electron chi connectivity index (χ4n) is 5.29. The van der Waals surface area contributed by atoms with Crippen LogP contribution in [0.1, 0.15) is 53.5 Å². The predicted molar refractivity (Wildman–Crippen MR) is 106 cm³/mol. The van der Waals surface area contributed by atoms with Crippen molar-refractivity contribution in [1.82, 2.24) is 15.1 Å². The highest BCUT2D eigenvalue weighted by molar-refractivity contribution is 6.08. The number of fused-ring (bicyclic) bond motifs is 3. The number of aryl methyl sites for hydroxylation is 1. The third-order valence-electron chi connectivity index (χ3n) is 6.99. The fourth-order valence-corrected chi connectivity index (χ4v) is 5.29. The summed E-state index contributed by atoms with van der Waals surface area (Å²) < 4.78 is 0. The van der Waals surface area contributed by atoms with E-state index in [1.807, 2.05) is 30.1 Å². The molecule has 0 bridgehead atoms. The summed E-state index contributed by atoms with van der Waals surface area (Å²) in [6.07, 6.45) is 4.37. The Morgan fingerprint density at radius 1 is 1.25 bits per heavy atom. The number of aromatic nitrogens is 2. The van der Waals surface area contributed by atoms with E-state index in [0.717, 1.165) is 41.8 Å². The number of para-hydroxylation sites is 1. The third-order valence-corrected chi connectivity index (χ3v) is 6.99. The second kappa shape index (κ2) is 6.19. The Morgan fingerprint density at radius 2 is 2.00 bits per heavy atom. The van der Waals surface area contributed by atoms with Gasteiger partial charge in [-0.05, 0) is 49.7 Å². The molecule has 3 heterocycles. The van der Waals surface area contributed by atoms with Crippen LogP contribution in [0.4, 0.5) is 5.69 Å². The van der Waals surface area contributed by atoms with Crippen LogP contribution in [0.2, 0.25) is 0 Å². The lowest BCUT2D eigenvalue weighted by Crippen LogP contribution is -2.49. The summed E-state index contributed by atoms with van der Waals surface area (Å²) in [4.78, 5) is 29.9. The largest absolute Gasteiger partial charge is 0.337 e. The monoisotopic (exact) mass is 378 g/mol. The Bertz CT molecular complexity index is 955. The highest BCUT2D eigenvalue weighted by atomic mass is 16.2. The van der Waals surface area contributed by atoms with Crippen molar-refractivity contribution in [3.63, 3.8) is 0 Å². The topological polar surface area (TPSA) is 69.3 Å². The number of benzene rings is 1. The summed E-state index contributed by atoms with van der Waals surface area (Å²) in [5.41, 5.74) is 4.44. The number of nitrogens with zero attached hydrogens (tertiary/aromatic N) is 3. The van der Waals surface area contributed by atoms with Gasteiger partial charge in [0.2, 0.25) is 5.91 Å². The molecule has 1 aromatic carbocycles. The minimum Gasteiger partial charge on any atom is -0.337 e. The number of nitrogens with one attached hydrogen (secondary N) is 1. The van der Waals surface area contributed by atoms with Crippen LogP contribution in [-0.2, 0) is 23.1 Å². The third kappa shape index (κ3) is 2.36. The fraction of sp³-hybridized carbons (Fsp3) is 0.500. The maximum absolute atomic E-state index is 13.2. The smallest absolute Gasteiger partial charge is 0.274 e. The van der Waals surface area contributed by atoms with Crippen molar-refractivity contribution in [2.24, 2.45) is 5.92 Å². The zero-order chi connectivity index (χ0) is 19.5. The van der Waals surface area contributed by atoms with Gasteiger partial charge in [-0.2, -0.15) is 5.10 Å². The molecule has 1 N–H and O–H groups in total. The Balaban J connectivity index is 1.38. The molecular weight excluding hydrogens is 352 g/mol. The molecule has 6 heteroatoms. The molecule has 28 heavy (non-hydrogen) atoms. The summed E-state index contributed by atoms with van der Waals surface area (Å²) >= 11 is 0. The normalized spacial score (nSPS) is 23.1.